The first-order chi connectivity index (χ1) is 6.92. The van der Waals surface area contributed by atoms with Crippen molar-refractivity contribution in [1.29, 1.82) is 0 Å². The molecule has 1 aliphatic rings. The molecule has 0 fully saturated rings. The number of ether oxygens (including phenoxy) is 1. The summed E-state index contributed by atoms with van der Waals surface area (Å²) < 4.78 is 5.43. The zero-order chi connectivity index (χ0) is 9.80. The maximum Gasteiger partial charge on any atom is 0.240 e. The van der Waals surface area contributed by atoms with E-state index in [1.54, 1.807) is 6.21 Å². The van der Waals surface area contributed by atoms with Gasteiger partial charge in [-0.1, -0.05) is 18.2 Å². The van der Waals surface area contributed by atoms with E-state index in [9.17, 15) is 0 Å². The van der Waals surface area contributed by atoms with Gasteiger partial charge in [0, 0.05) is 18.2 Å². The van der Waals surface area contributed by atoms with Gasteiger partial charge in [0.2, 0.25) is 5.90 Å². The van der Waals surface area contributed by atoms with E-state index in [1.807, 2.05) is 25.1 Å². The quantitative estimate of drug-likeness (QED) is 0.663. The normalized spacial score (nSPS) is 14.2. The lowest BCUT2D eigenvalue weighted by Gasteiger charge is -2.07. The molecule has 0 radical (unpaired) electrons. The SMILES string of the molecule is CCOC1=NN=CCc2ccccc21. The van der Waals surface area contributed by atoms with Crippen LogP contribution in [0.25, 0.3) is 0 Å². The van der Waals surface area contributed by atoms with Crippen LogP contribution in [0.15, 0.2) is 34.5 Å². The highest BCUT2D eigenvalue weighted by Gasteiger charge is 2.11. The maximum atomic E-state index is 5.43. The number of hydrogen-bond donors (Lipinski definition) is 0. The summed E-state index contributed by atoms with van der Waals surface area (Å²) in [6.45, 7) is 2.56. The molecule has 0 unspecified atom stereocenters. The van der Waals surface area contributed by atoms with Crippen LogP contribution < -0.4 is 0 Å². The van der Waals surface area contributed by atoms with Gasteiger partial charge in [-0.05, 0) is 18.6 Å². The molecule has 0 saturated heterocycles. The molecule has 0 spiro atoms. The molecule has 0 aromatic heterocycles. The molecule has 72 valence electrons. The Morgan fingerprint density at radius 2 is 2.21 bits per heavy atom. The Hall–Kier alpha value is -1.64. The minimum Gasteiger partial charge on any atom is -0.476 e. The molecule has 0 aliphatic carbocycles. The maximum absolute atomic E-state index is 5.43. The number of rotatable bonds is 1. The first kappa shape index (κ1) is 8.94. The molecule has 1 aliphatic heterocycles. The number of nitrogens with zero attached hydrogens (tertiary/aromatic N) is 2. The molecule has 1 aromatic rings. The van der Waals surface area contributed by atoms with Gasteiger partial charge in [0.15, 0.2) is 0 Å². The van der Waals surface area contributed by atoms with Crippen molar-refractivity contribution < 1.29 is 4.74 Å². The molecule has 0 bridgehead atoms. The minimum atomic E-state index is 0.614. The average Bonchev–Trinajstić information content (AvgIpc) is 2.42. The Morgan fingerprint density at radius 1 is 1.36 bits per heavy atom. The fourth-order valence-corrected chi connectivity index (χ4v) is 1.44. The predicted molar refractivity (Wildman–Crippen MR) is 56.8 cm³/mol. The van der Waals surface area contributed by atoms with Crippen LogP contribution in [0.3, 0.4) is 0 Å². The van der Waals surface area contributed by atoms with Crippen molar-refractivity contribution >= 4 is 12.1 Å². The summed E-state index contributed by atoms with van der Waals surface area (Å²) in [7, 11) is 0. The van der Waals surface area contributed by atoms with Gasteiger partial charge < -0.3 is 4.74 Å². The second kappa shape index (κ2) is 4.05. The Labute approximate surface area is 83.1 Å². The molecule has 1 heterocycles. The molecule has 0 N–H and O–H groups in total. The number of benzene rings is 1. The van der Waals surface area contributed by atoms with Gasteiger partial charge >= 0.3 is 0 Å². The van der Waals surface area contributed by atoms with Gasteiger partial charge in [0.1, 0.15) is 0 Å². The van der Waals surface area contributed by atoms with Gasteiger partial charge in [0.25, 0.3) is 0 Å². The first-order valence-electron chi connectivity index (χ1n) is 4.72. The van der Waals surface area contributed by atoms with E-state index in [0.29, 0.717) is 12.5 Å². The Morgan fingerprint density at radius 3 is 3.07 bits per heavy atom. The standard InChI is InChI=1S/C11H12N2O/c1-2-14-11-10-6-4-3-5-9(10)7-8-12-13-11/h3-6,8H,2,7H2,1H3. The van der Waals surface area contributed by atoms with Gasteiger partial charge in [-0.15, -0.1) is 5.10 Å². The van der Waals surface area contributed by atoms with Crippen molar-refractivity contribution in [3.8, 4) is 0 Å². The highest BCUT2D eigenvalue weighted by Crippen LogP contribution is 2.13. The van der Waals surface area contributed by atoms with Crippen LogP contribution in [0.2, 0.25) is 0 Å². The zero-order valence-electron chi connectivity index (χ0n) is 8.10. The highest BCUT2D eigenvalue weighted by atomic mass is 16.5. The van der Waals surface area contributed by atoms with Crippen LogP contribution in [0, 0.1) is 0 Å². The van der Waals surface area contributed by atoms with Gasteiger partial charge in [-0.25, -0.2) is 0 Å². The summed E-state index contributed by atoms with van der Waals surface area (Å²) in [4.78, 5) is 0. The molecule has 0 amide bonds. The van der Waals surface area contributed by atoms with Crippen molar-refractivity contribution in [1.82, 2.24) is 0 Å². The van der Waals surface area contributed by atoms with Crippen molar-refractivity contribution in [2.24, 2.45) is 10.2 Å². The van der Waals surface area contributed by atoms with Crippen LogP contribution >= 0.6 is 0 Å². The summed E-state index contributed by atoms with van der Waals surface area (Å²) in [5.74, 6) is 0.622. The fourth-order valence-electron chi connectivity index (χ4n) is 1.44. The van der Waals surface area contributed by atoms with Crippen molar-refractivity contribution in [3.63, 3.8) is 0 Å². The Balaban J connectivity index is 2.43. The summed E-state index contributed by atoms with van der Waals surface area (Å²) >= 11 is 0. The second-order valence-corrected chi connectivity index (χ2v) is 3.00. The van der Waals surface area contributed by atoms with E-state index in [2.05, 4.69) is 16.3 Å². The topological polar surface area (TPSA) is 34.0 Å². The van der Waals surface area contributed by atoms with Crippen LogP contribution in [-0.4, -0.2) is 18.7 Å². The van der Waals surface area contributed by atoms with Crippen LogP contribution in [0.5, 0.6) is 0 Å². The highest BCUT2D eigenvalue weighted by molar-refractivity contribution is 5.97. The molecule has 14 heavy (non-hydrogen) atoms. The van der Waals surface area contributed by atoms with E-state index in [-0.39, 0.29) is 0 Å². The van der Waals surface area contributed by atoms with Gasteiger partial charge in [-0.2, -0.15) is 5.10 Å². The summed E-state index contributed by atoms with van der Waals surface area (Å²) in [5.41, 5.74) is 2.26. The molecular formula is C11H12N2O. The molecule has 0 saturated carbocycles. The lowest BCUT2D eigenvalue weighted by molar-refractivity contribution is 0.327. The molecule has 0 atom stereocenters. The van der Waals surface area contributed by atoms with Crippen LogP contribution in [-0.2, 0) is 11.2 Å². The monoisotopic (exact) mass is 188 g/mol. The largest absolute Gasteiger partial charge is 0.476 e. The first-order valence-corrected chi connectivity index (χ1v) is 4.72. The third-order valence-corrected chi connectivity index (χ3v) is 2.07. The average molecular weight is 188 g/mol. The molecular weight excluding hydrogens is 176 g/mol. The van der Waals surface area contributed by atoms with E-state index in [1.165, 1.54) is 5.56 Å². The fraction of sp³-hybridized carbons (Fsp3) is 0.273. The van der Waals surface area contributed by atoms with Gasteiger partial charge in [-0.3, -0.25) is 0 Å². The number of hydrogen-bond acceptors (Lipinski definition) is 3. The molecule has 2 rings (SSSR count). The lowest BCUT2D eigenvalue weighted by Crippen LogP contribution is -2.08. The Bertz CT molecular complexity index is 383. The third-order valence-electron chi connectivity index (χ3n) is 2.07. The molecule has 3 nitrogen and oxygen atoms in total. The van der Waals surface area contributed by atoms with E-state index in [0.717, 1.165) is 12.0 Å². The number of fused-ring (bicyclic) bond motifs is 1. The van der Waals surface area contributed by atoms with Crippen molar-refractivity contribution in [2.75, 3.05) is 6.61 Å². The molecule has 3 heteroatoms. The second-order valence-electron chi connectivity index (χ2n) is 3.00. The predicted octanol–water partition coefficient (Wildman–Crippen LogP) is 2.01. The smallest absolute Gasteiger partial charge is 0.240 e. The van der Waals surface area contributed by atoms with Crippen LogP contribution in [0.4, 0.5) is 0 Å². The molecule has 1 aromatic carbocycles. The van der Waals surface area contributed by atoms with Crippen molar-refractivity contribution in [3.05, 3.63) is 35.4 Å². The minimum absolute atomic E-state index is 0.614. The van der Waals surface area contributed by atoms with E-state index < -0.39 is 0 Å². The summed E-state index contributed by atoms with van der Waals surface area (Å²) in [6, 6.07) is 8.08. The van der Waals surface area contributed by atoms with Gasteiger partial charge in [0.05, 0.1) is 6.61 Å². The van der Waals surface area contributed by atoms with Crippen molar-refractivity contribution in [2.45, 2.75) is 13.3 Å². The van der Waals surface area contributed by atoms with Crippen LogP contribution in [0.1, 0.15) is 18.1 Å². The lowest BCUT2D eigenvalue weighted by atomic mass is 10.1. The summed E-state index contributed by atoms with van der Waals surface area (Å²) in [5, 5.41) is 7.94. The summed E-state index contributed by atoms with van der Waals surface area (Å²) in [6.07, 6.45) is 2.61. The third kappa shape index (κ3) is 1.66. The van der Waals surface area contributed by atoms with E-state index in [4.69, 9.17) is 4.74 Å². The zero-order valence-corrected chi connectivity index (χ0v) is 8.10. The van der Waals surface area contributed by atoms with E-state index >= 15 is 0 Å². The Kier molecular flexibility index (Phi) is 2.58.